The number of benzene rings is 1. The van der Waals surface area contributed by atoms with E-state index < -0.39 is 34.9 Å². The maximum atomic E-state index is 12.8. The highest BCUT2D eigenvalue weighted by Gasteiger charge is 2.50. The monoisotopic (exact) mass is 338 g/mol. The molecule has 21 heavy (non-hydrogen) atoms. The lowest BCUT2D eigenvalue weighted by molar-refractivity contribution is -0.118. The third kappa shape index (κ3) is 2.45. The molecule has 0 spiro atoms. The fourth-order valence-corrected chi connectivity index (χ4v) is 4.07. The number of nitrogens with one attached hydrogen (secondary N) is 1. The molecule has 1 aromatic rings. The predicted molar refractivity (Wildman–Crippen MR) is 69.3 cm³/mol. The summed E-state index contributed by atoms with van der Waals surface area (Å²) in [7, 11) is -4.12. The van der Waals surface area contributed by atoms with Crippen LogP contribution in [0.1, 0.15) is 0 Å². The van der Waals surface area contributed by atoms with Gasteiger partial charge in [-0.2, -0.15) is 4.31 Å². The molecule has 2 heterocycles. The van der Waals surface area contributed by atoms with Crippen molar-refractivity contribution in [2.75, 3.05) is 25.0 Å². The average molecular weight is 339 g/mol. The molecule has 2 aliphatic heterocycles. The Labute approximate surface area is 123 Å². The number of hydrogen-bond acceptors (Lipinski definition) is 4. The van der Waals surface area contributed by atoms with Gasteiger partial charge in [0.25, 0.3) is 11.8 Å². The number of fused-ring (bicyclic) bond motifs is 1. The number of halogens is 3. The largest absolute Gasteiger partial charge is 0.482 e. The predicted octanol–water partition coefficient (Wildman–Crippen LogP) is 1.31. The van der Waals surface area contributed by atoms with E-state index in [1.165, 1.54) is 6.07 Å². The van der Waals surface area contributed by atoms with E-state index in [0.29, 0.717) is 4.31 Å². The molecule has 10 heteroatoms. The van der Waals surface area contributed by atoms with Gasteiger partial charge in [0.2, 0.25) is 10.0 Å². The van der Waals surface area contributed by atoms with Gasteiger partial charge in [-0.1, -0.05) is 11.6 Å². The summed E-state index contributed by atoms with van der Waals surface area (Å²) in [5.41, 5.74) is 0.240. The minimum absolute atomic E-state index is 0.129. The molecule has 3 rings (SSSR count). The van der Waals surface area contributed by atoms with Crippen molar-refractivity contribution in [1.82, 2.24) is 4.31 Å². The van der Waals surface area contributed by atoms with E-state index in [2.05, 4.69) is 5.32 Å². The van der Waals surface area contributed by atoms with Crippen molar-refractivity contribution >= 4 is 33.2 Å². The fourth-order valence-electron chi connectivity index (χ4n) is 2.06. The van der Waals surface area contributed by atoms with E-state index in [0.717, 1.165) is 6.07 Å². The minimum Gasteiger partial charge on any atom is -0.482 e. The molecule has 114 valence electrons. The normalized spacial score (nSPS) is 21.0. The number of rotatable bonds is 2. The zero-order valence-electron chi connectivity index (χ0n) is 10.4. The summed E-state index contributed by atoms with van der Waals surface area (Å²) in [6, 6.07) is 2.35. The number of hydrogen-bond donors (Lipinski definition) is 1. The summed E-state index contributed by atoms with van der Waals surface area (Å²) in [5.74, 6) is -3.28. The quantitative estimate of drug-likeness (QED) is 0.882. The van der Waals surface area contributed by atoms with Crippen molar-refractivity contribution in [3.05, 3.63) is 17.2 Å². The molecule has 2 aliphatic rings. The van der Waals surface area contributed by atoms with Gasteiger partial charge in [-0.3, -0.25) is 4.79 Å². The van der Waals surface area contributed by atoms with Crippen LogP contribution >= 0.6 is 11.6 Å². The highest BCUT2D eigenvalue weighted by atomic mass is 35.5. The Morgan fingerprint density at radius 3 is 2.62 bits per heavy atom. The zero-order chi connectivity index (χ0) is 15.4. The number of sulfonamides is 1. The Morgan fingerprint density at radius 2 is 2.00 bits per heavy atom. The Morgan fingerprint density at radius 1 is 1.33 bits per heavy atom. The Hall–Kier alpha value is -1.45. The lowest BCUT2D eigenvalue weighted by Crippen LogP contribution is -2.58. The van der Waals surface area contributed by atoms with Crippen LogP contribution < -0.4 is 10.1 Å². The van der Waals surface area contributed by atoms with Crippen LogP contribution in [0, 0.1) is 0 Å². The molecule has 1 saturated heterocycles. The molecule has 0 aliphatic carbocycles. The summed E-state index contributed by atoms with van der Waals surface area (Å²) < 4.78 is 55.9. The van der Waals surface area contributed by atoms with Crippen LogP contribution in [0.25, 0.3) is 0 Å². The highest BCUT2D eigenvalue weighted by molar-refractivity contribution is 7.89. The van der Waals surface area contributed by atoms with Crippen LogP contribution in [-0.2, 0) is 14.8 Å². The summed E-state index contributed by atoms with van der Waals surface area (Å²) in [4.78, 5) is 10.8. The lowest BCUT2D eigenvalue weighted by atomic mass is 10.2. The Bertz CT molecular complexity index is 730. The Balaban J connectivity index is 1.98. The third-order valence-corrected chi connectivity index (χ3v) is 5.36. The van der Waals surface area contributed by atoms with E-state index in [-0.39, 0.29) is 28.0 Å². The highest BCUT2D eigenvalue weighted by Crippen LogP contribution is 2.39. The van der Waals surface area contributed by atoms with Crippen LogP contribution in [0.5, 0.6) is 5.75 Å². The van der Waals surface area contributed by atoms with Crippen LogP contribution in [0.2, 0.25) is 5.02 Å². The molecule has 1 fully saturated rings. The summed E-state index contributed by atoms with van der Waals surface area (Å²) in [6.07, 6.45) is 0. The second-order valence-electron chi connectivity index (χ2n) is 4.74. The topological polar surface area (TPSA) is 75.7 Å². The molecule has 0 radical (unpaired) electrons. The van der Waals surface area contributed by atoms with E-state index in [1.807, 2.05) is 0 Å². The number of carbonyl (C=O) groups excluding carboxylic acids is 1. The van der Waals surface area contributed by atoms with Gasteiger partial charge < -0.3 is 10.1 Å². The number of alkyl halides is 2. The Kier molecular flexibility index (Phi) is 3.12. The van der Waals surface area contributed by atoms with E-state index in [9.17, 15) is 22.0 Å². The lowest BCUT2D eigenvalue weighted by Gasteiger charge is -2.37. The van der Waals surface area contributed by atoms with Crippen molar-refractivity contribution in [3.8, 4) is 5.75 Å². The fraction of sp³-hybridized carbons (Fsp3) is 0.364. The molecule has 1 amide bonds. The van der Waals surface area contributed by atoms with Crippen LogP contribution in [0.15, 0.2) is 17.0 Å². The van der Waals surface area contributed by atoms with Crippen LogP contribution in [0.3, 0.4) is 0 Å². The first-order valence-corrected chi connectivity index (χ1v) is 7.65. The van der Waals surface area contributed by atoms with Crippen molar-refractivity contribution in [2.45, 2.75) is 10.8 Å². The van der Waals surface area contributed by atoms with Crippen molar-refractivity contribution in [2.24, 2.45) is 0 Å². The minimum atomic E-state index is -4.12. The maximum Gasteiger partial charge on any atom is 0.275 e. The van der Waals surface area contributed by atoms with E-state index >= 15 is 0 Å². The van der Waals surface area contributed by atoms with Crippen molar-refractivity contribution in [1.29, 1.82) is 0 Å². The van der Waals surface area contributed by atoms with Crippen molar-refractivity contribution < 1.29 is 26.7 Å². The molecular weight excluding hydrogens is 330 g/mol. The maximum absolute atomic E-state index is 12.8. The summed E-state index contributed by atoms with van der Waals surface area (Å²) in [5, 5.41) is 2.30. The van der Waals surface area contributed by atoms with Gasteiger partial charge in [-0.05, 0) is 6.07 Å². The van der Waals surface area contributed by atoms with Gasteiger partial charge in [0.05, 0.1) is 23.8 Å². The number of carbonyl (C=O) groups is 1. The second-order valence-corrected chi connectivity index (χ2v) is 7.06. The van der Waals surface area contributed by atoms with Crippen LogP contribution in [0.4, 0.5) is 14.5 Å². The number of anilines is 1. The van der Waals surface area contributed by atoms with Gasteiger partial charge in [0, 0.05) is 6.07 Å². The smallest absolute Gasteiger partial charge is 0.275 e. The molecule has 0 atom stereocenters. The summed E-state index contributed by atoms with van der Waals surface area (Å²) in [6.45, 7) is -2.00. The van der Waals surface area contributed by atoms with Crippen molar-refractivity contribution in [3.63, 3.8) is 0 Å². The summed E-state index contributed by atoms with van der Waals surface area (Å²) >= 11 is 5.89. The van der Waals surface area contributed by atoms with E-state index in [4.69, 9.17) is 16.3 Å². The first-order chi connectivity index (χ1) is 9.69. The molecule has 1 N–H and O–H groups in total. The molecule has 1 aromatic carbocycles. The number of amides is 1. The molecule has 0 unspecified atom stereocenters. The van der Waals surface area contributed by atoms with Gasteiger partial charge in [0.1, 0.15) is 10.6 Å². The molecular formula is C11H9ClF2N2O4S. The average Bonchev–Trinajstić information content (AvgIpc) is 2.34. The van der Waals surface area contributed by atoms with Gasteiger partial charge in [-0.25, -0.2) is 17.2 Å². The van der Waals surface area contributed by atoms with Gasteiger partial charge >= 0.3 is 0 Å². The second kappa shape index (κ2) is 4.52. The number of ether oxygens (including phenoxy) is 1. The molecule has 0 bridgehead atoms. The van der Waals surface area contributed by atoms with Crippen LogP contribution in [-0.4, -0.2) is 44.2 Å². The molecule has 0 saturated carbocycles. The zero-order valence-corrected chi connectivity index (χ0v) is 12.0. The SMILES string of the molecule is O=C1COc2cc(S(=O)(=O)N3CC(F)(F)C3)c(Cl)cc2N1. The molecule has 0 aromatic heterocycles. The first-order valence-electron chi connectivity index (χ1n) is 5.83. The van der Waals surface area contributed by atoms with E-state index in [1.54, 1.807) is 0 Å². The van der Waals surface area contributed by atoms with Gasteiger partial charge in [0.15, 0.2) is 6.61 Å². The van der Waals surface area contributed by atoms with Gasteiger partial charge in [-0.15, -0.1) is 0 Å². The number of nitrogens with zero attached hydrogens (tertiary/aromatic N) is 1. The first kappa shape index (κ1) is 14.5. The molecule has 6 nitrogen and oxygen atoms in total. The third-order valence-electron chi connectivity index (χ3n) is 3.10. The standard InChI is InChI=1S/C11H9ClF2N2O4S/c12-6-1-7-8(20-3-10(17)15-7)2-9(6)21(18,19)16-4-11(13,14)5-16/h1-2H,3-5H2,(H,15,17).